The summed E-state index contributed by atoms with van der Waals surface area (Å²) in [4.78, 5) is 37.1. The van der Waals surface area contributed by atoms with Crippen LogP contribution in [0.4, 0.5) is 5.69 Å². The molecule has 0 heterocycles. The van der Waals surface area contributed by atoms with E-state index in [1.807, 2.05) is 19.9 Å². The predicted octanol–water partition coefficient (Wildman–Crippen LogP) is 3.91. The number of anilines is 1. The van der Waals surface area contributed by atoms with Crippen molar-refractivity contribution in [1.29, 1.82) is 0 Å². The summed E-state index contributed by atoms with van der Waals surface area (Å²) >= 11 is 6.01. The highest BCUT2D eigenvalue weighted by molar-refractivity contribution is 6.33. The molecular weight excluding hydrogens is 380 g/mol. The van der Waals surface area contributed by atoms with Crippen LogP contribution in [0.5, 0.6) is 0 Å². The molecule has 0 radical (unpaired) electrons. The minimum atomic E-state index is -0.741. The first-order valence-electron chi connectivity index (χ1n) is 8.92. The van der Waals surface area contributed by atoms with Gasteiger partial charge >= 0.3 is 5.97 Å². The van der Waals surface area contributed by atoms with Gasteiger partial charge in [-0.3, -0.25) is 9.59 Å². The van der Waals surface area contributed by atoms with Gasteiger partial charge in [-0.15, -0.1) is 0 Å². The normalized spacial score (nSPS) is 12.6. The lowest BCUT2D eigenvalue weighted by atomic mass is 9.97. The van der Waals surface area contributed by atoms with Crippen LogP contribution in [0.2, 0.25) is 5.02 Å². The van der Waals surface area contributed by atoms with E-state index >= 15 is 0 Å². The fourth-order valence-electron chi connectivity index (χ4n) is 2.61. The van der Waals surface area contributed by atoms with Crippen LogP contribution in [0.3, 0.4) is 0 Å². The summed E-state index contributed by atoms with van der Waals surface area (Å²) in [7, 11) is 1.25. The van der Waals surface area contributed by atoms with Gasteiger partial charge in [0.1, 0.15) is 6.04 Å². The van der Waals surface area contributed by atoms with E-state index in [9.17, 15) is 14.4 Å². The largest absolute Gasteiger partial charge is 0.465 e. The van der Waals surface area contributed by atoms with Crippen LogP contribution < -0.4 is 10.6 Å². The number of carbonyl (C=O) groups excluding carboxylic acids is 3. The maximum absolute atomic E-state index is 12.8. The minimum Gasteiger partial charge on any atom is -0.465 e. The highest BCUT2D eigenvalue weighted by Gasteiger charge is 2.26. The van der Waals surface area contributed by atoms with Crippen LogP contribution in [0.15, 0.2) is 48.5 Å². The lowest BCUT2D eigenvalue weighted by Crippen LogP contribution is -2.47. The maximum Gasteiger partial charge on any atom is 0.339 e. The summed E-state index contributed by atoms with van der Waals surface area (Å²) in [6.07, 6.45) is 0.696. The zero-order valence-electron chi connectivity index (χ0n) is 16.0. The van der Waals surface area contributed by atoms with Gasteiger partial charge in [-0.05, 0) is 36.2 Å². The first kappa shape index (κ1) is 21.4. The predicted molar refractivity (Wildman–Crippen MR) is 109 cm³/mol. The second-order valence-corrected chi connectivity index (χ2v) is 6.79. The molecule has 0 spiro atoms. The van der Waals surface area contributed by atoms with Gasteiger partial charge in [-0.25, -0.2) is 4.79 Å². The van der Waals surface area contributed by atoms with Crippen molar-refractivity contribution in [2.45, 2.75) is 26.3 Å². The number of rotatable bonds is 7. The van der Waals surface area contributed by atoms with E-state index in [1.165, 1.54) is 19.2 Å². The smallest absolute Gasteiger partial charge is 0.339 e. The van der Waals surface area contributed by atoms with Gasteiger partial charge in [-0.2, -0.15) is 0 Å². The quantitative estimate of drug-likeness (QED) is 0.687. The van der Waals surface area contributed by atoms with E-state index in [0.717, 1.165) is 0 Å². The standard InChI is InChI=1S/C21H23ClN2O4/c1-4-13(2)18(24-19(25)14-8-6-5-7-9-14)20(26)23-15-10-11-17(22)16(12-15)21(27)28-3/h5-13,18H,4H2,1-3H3,(H,23,26)(H,24,25). The molecule has 2 unspecified atom stereocenters. The van der Waals surface area contributed by atoms with E-state index < -0.39 is 12.0 Å². The van der Waals surface area contributed by atoms with Crippen molar-refractivity contribution in [3.8, 4) is 0 Å². The van der Waals surface area contributed by atoms with Crippen molar-refractivity contribution in [1.82, 2.24) is 5.32 Å². The zero-order chi connectivity index (χ0) is 20.7. The topological polar surface area (TPSA) is 84.5 Å². The van der Waals surface area contributed by atoms with Crippen molar-refractivity contribution in [2.75, 3.05) is 12.4 Å². The average molecular weight is 403 g/mol. The zero-order valence-corrected chi connectivity index (χ0v) is 16.7. The number of carbonyl (C=O) groups is 3. The number of benzene rings is 2. The summed E-state index contributed by atoms with van der Waals surface area (Å²) in [5.74, 6) is -1.40. The van der Waals surface area contributed by atoms with Gasteiger partial charge in [0, 0.05) is 11.3 Å². The van der Waals surface area contributed by atoms with Crippen LogP contribution in [0, 0.1) is 5.92 Å². The Morgan fingerprint density at radius 1 is 1.11 bits per heavy atom. The second-order valence-electron chi connectivity index (χ2n) is 6.38. The Kier molecular flexibility index (Phi) is 7.58. The van der Waals surface area contributed by atoms with Crippen molar-refractivity contribution < 1.29 is 19.1 Å². The highest BCUT2D eigenvalue weighted by Crippen LogP contribution is 2.22. The molecule has 0 aliphatic carbocycles. The van der Waals surface area contributed by atoms with Crippen LogP contribution in [-0.4, -0.2) is 30.9 Å². The van der Waals surface area contributed by atoms with Gasteiger partial charge in [0.05, 0.1) is 17.7 Å². The van der Waals surface area contributed by atoms with Gasteiger partial charge < -0.3 is 15.4 Å². The molecule has 2 amide bonds. The number of ether oxygens (including phenoxy) is 1. The lowest BCUT2D eigenvalue weighted by Gasteiger charge is -2.23. The molecule has 0 bridgehead atoms. The Morgan fingerprint density at radius 2 is 1.79 bits per heavy atom. The Bertz CT molecular complexity index is 855. The molecule has 0 aliphatic heterocycles. The lowest BCUT2D eigenvalue weighted by molar-refractivity contribution is -0.119. The van der Waals surface area contributed by atoms with Crippen molar-refractivity contribution in [3.05, 3.63) is 64.7 Å². The van der Waals surface area contributed by atoms with Gasteiger partial charge in [-0.1, -0.05) is 50.1 Å². The number of methoxy groups -OCH3 is 1. The number of nitrogens with one attached hydrogen (secondary N) is 2. The molecule has 0 saturated carbocycles. The maximum atomic E-state index is 12.8. The minimum absolute atomic E-state index is 0.0972. The SMILES string of the molecule is CCC(C)C(NC(=O)c1ccccc1)C(=O)Nc1ccc(Cl)c(C(=O)OC)c1. The first-order chi connectivity index (χ1) is 13.4. The van der Waals surface area contributed by atoms with Crippen molar-refractivity contribution >= 4 is 35.1 Å². The van der Waals surface area contributed by atoms with Gasteiger partial charge in [0.2, 0.25) is 5.91 Å². The number of hydrogen-bond acceptors (Lipinski definition) is 4. The third-order valence-electron chi connectivity index (χ3n) is 4.46. The Labute approximate surface area is 169 Å². The van der Waals surface area contributed by atoms with Gasteiger partial charge in [0.25, 0.3) is 5.91 Å². The molecule has 2 rings (SSSR count). The number of amides is 2. The van der Waals surface area contributed by atoms with E-state index in [-0.39, 0.29) is 28.3 Å². The fourth-order valence-corrected chi connectivity index (χ4v) is 2.80. The molecule has 28 heavy (non-hydrogen) atoms. The second kappa shape index (κ2) is 9.90. The monoisotopic (exact) mass is 402 g/mol. The fraction of sp³-hybridized carbons (Fsp3) is 0.286. The molecule has 148 valence electrons. The third-order valence-corrected chi connectivity index (χ3v) is 4.79. The molecule has 0 aromatic heterocycles. The molecule has 0 aliphatic rings. The van der Waals surface area contributed by atoms with Crippen LogP contribution in [-0.2, 0) is 9.53 Å². The highest BCUT2D eigenvalue weighted by atomic mass is 35.5. The van der Waals surface area contributed by atoms with Crippen molar-refractivity contribution in [2.24, 2.45) is 5.92 Å². The molecule has 0 fully saturated rings. The van der Waals surface area contributed by atoms with E-state index in [0.29, 0.717) is 17.7 Å². The summed E-state index contributed by atoms with van der Waals surface area (Å²) in [6, 6.07) is 12.5. The Morgan fingerprint density at radius 3 is 2.39 bits per heavy atom. The molecule has 2 atom stereocenters. The van der Waals surface area contributed by atoms with E-state index in [2.05, 4.69) is 15.4 Å². The molecule has 2 N–H and O–H groups in total. The van der Waals surface area contributed by atoms with Crippen LogP contribution in [0.1, 0.15) is 41.0 Å². The number of hydrogen-bond donors (Lipinski definition) is 2. The average Bonchev–Trinajstić information content (AvgIpc) is 2.72. The molecule has 0 saturated heterocycles. The number of halogens is 1. The molecule has 6 nitrogen and oxygen atoms in total. The Hall–Kier alpha value is -2.86. The summed E-state index contributed by atoms with van der Waals surface area (Å²) < 4.78 is 4.69. The van der Waals surface area contributed by atoms with Crippen molar-refractivity contribution in [3.63, 3.8) is 0 Å². The van der Waals surface area contributed by atoms with E-state index in [1.54, 1.807) is 30.3 Å². The van der Waals surface area contributed by atoms with Crippen LogP contribution in [0.25, 0.3) is 0 Å². The third kappa shape index (κ3) is 5.33. The molecule has 7 heteroatoms. The molecule has 2 aromatic rings. The summed E-state index contributed by atoms with van der Waals surface area (Å²) in [6.45, 7) is 3.83. The van der Waals surface area contributed by atoms with Crippen LogP contribution >= 0.6 is 11.6 Å². The van der Waals surface area contributed by atoms with Gasteiger partial charge in [0.15, 0.2) is 0 Å². The summed E-state index contributed by atoms with van der Waals surface area (Å²) in [5.41, 5.74) is 1.01. The number of esters is 1. The first-order valence-corrected chi connectivity index (χ1v) is 9.29. The molecule has 2 aromatic carbocycles. The Balaban J connectivity index is 2.19. The van der Waals surface area contributed by atoms with E-state index in [4.69, 9.17) is 11.6 Å². The summed E-state index contributed by atoms with van der Waals surface area (Å²) in [5, 5.41) is 5.76. The molecular formula is C21H23ClN2O4.